The Morgan fingerprint density at radius 2 is 2.29 bits per heavy atom. The molecule has 0 radical (unpaired) electrons. The molecule has 1 atom stereocenters. The molecule has 0 amide bonds. The first-order valence-electron chi connectivity index (χ1n) is 5.39. The van der Waals surface area contributed by atoms with E-state index in [-0.39, 0.29) is 6.04 Å². The van der Waals surface area contributed by atoms with Gasteiger partial charge >= 0.3 is 0 Å². The second-order valence-corrected chi connectivity index (χ2v) is 5.78. The van der Waals surface area contributed by atoms with Gasteiger partial charge in [-0.25, -0.2) is 4.98 Å². The van der Waals surface area contributed by atoms with Crippen LogP contribution in [-0.2, 0) is 6.42 Å². The molecule has 5 heteroatoms. The summed E-state index contributed by atoms with van der Waals surface area (Å²) in [5, 5.41) is 6.50. The quantitative estimate of drug-likeness (QED) is 0.942. The van der Waals surface area contributed by atoms with Crippen molar-refractivity contribution in [3.8, 4) is 0 Å². The third-order valence-electron chi connectivity index (χ3n) is 2.54. The predicted octanol–water partition coefficient (Wildman–Crippen LogP) is 3.11. The van der Waals surface area contributed by atoms with Gasteiger partial charge in [0, 0.05) is 22.5 Å². The molecular weight excluding hydrogens is 298 g/mol. The number of nitrogens with one attached hydrogen (secondary N) is 1. The highest BCUT2D eigenvalue weighted by molar-refractivity contribution is 9.10. The summed E-state index contributed by atoms with van der Waals surface area (Å²) >= 11 is 5.08. The van der Waals surface area contributed by atoms with Crippen LogP contribution < -0.4 is 5.32 Å². The molecule has 0 saturated heterocycles. The highest BCUT2D eigenvalue weighted by atomic mass is 79.9. The first kappa shape index (κ1) is 12.7. The molecule has 0 fully saturated rings. The zero-order valence-electron chi connectivity index (χ0n) is 9.77. The van der Waals surface area contributed by atoms with Crippen molar-refractivity contribution in [2.24, 2.45) is 0 Å². The lowest BCUT2D eigenvalue weighted by Crippen LogP contribution is -2.20. The van der Waals surface area contributed by atoms with Crippen molar-refractivity contribution in [3.63, 3.8) is 0 Å². The molecule has 2 rings (SSSR count). The summed E-state index contributed by atoms with van der Waals surface area (Å²) in [4.78, 5) is 8.90. The zero-order valence-corrected chi connectivity index (χ0v) is 12.2. The summed E-state index contributed by atoms with van der Waals surface area (Å²) in [6, 6.07) is 4.26. The third-order valence-corrected chi connectivity index (χ3v) is 3.83. The Morgan fingerprint density at radius 1 is 1.47 bits per heavy atom. The largest absolute Gasteiger partial charge is 0.311 e. The Labute approximate surface area is 113 Å². The molecule has 0 aliphatic rings. The Morgan fingerprint density at radius 3 is 2.82 bits per heavy atom. The van der Waals surface area contributed by atoms with E-state index in [1.165, 1.54) is 0 Å². The molecule has 2 aromatic heterocycles. The van der Waals surface area contributed by atoms with Crippen LogP contribution in [0.2, 0.25) is 0 Å². The van der Waals surface area contributed by atoms with Gasteiger partial charge in [0.15, 0.2) is 0 Å². The molecule has 2 heterocycles. The van der Waals surface area contributed by atoms with Crippen LogP contribution in [-0.4, -0.2) is 17.0 Å². The molecule has 0 aliphatic carbocycles. The third kappa shape index (κ3) is 3.34. The fourth-order valence-corrected chi connectivity index (χ4v) is 2.52. The van der Waals surface area contributed by atoms with Crippen LogP contribution in [0.15, 0.2) is 28.2 Å². The van der Waals surface area contributed by atoms with Gasteiger partial charge in [0.1, 0.15) is 0 Å². The average Bonchev–Trinajstić information content (AvgIpc) is 2.73. The van der Waals surface area contributed by atoms with Gasteiger partial charge in [-0.2, -0.15) is 0 Å². The minimum Gasteiger partial charge on any atom is -0.311 e. The summed E-state index contributed by atoms with van der Waals surface area (Å²) in [5.74, 6) is 0. The van der Waals surface area contributed by atoms with Gasteiger partial charge in [-0.15, -0.1) is 11.3 Å². The van der Waals surface area contributed by atoms with Crippen LogP contribution in [0.1, 0.15) is 22.4 Å². The van der Waals surface area contributed by atoms with E-state index in [2.05, 4.69) is 36.6 Å². The molecule has 0 aromatic carbocycles. The lowest BCUT2D eigenvalue weighted by atomic mass is 10.1. The lowest BCUT2D eigenvalue weighted by Gasteiger charge is -2.14. The average molecular weight is 312 g/mol. The highest BCUT2D eigenvalue weighted by Crippen LogP contribution is 2.19. The number of rotatable bonds is 4. The van der Waals surface area contributed by atoms with Crippen LogP contribution in [0.5, 0.6) is 0 Å². The number of nitrogens with zero attached hydrogens (tertiary/aromatic N) is 2. The fraction of sp³-hybridized carbons (Fsp3) is 0.333. The van der Waals surface area contributed by atoms with Crippen LogP contribution in [0.4, 0.5) is 0 Å². The molecule has 0 bridgehead atoms. The Bertz CT molecular complexity index is 481. The van der Waals surface area contributed by atoms with Gasteiger partial charge in [0.25, 0.3) is 0 Å². The van der Waals surface area contributed by atoms with E-state index in [9.17, 15) is 0 Å². The standard InChI is InChI=1S/C12H14BrN3S/c1-8-16-10(7-17-8)5-12(14-2)11-4-3-9(13)6-15-11/h3-4,6-7,12,14H,5H2,1-2H3. The maximum absolute atomic E-state index is 4.48. The second kappa shape index (κ2) is 5.71. The van der Waals surface area contributed by atoms with Gasteiger partial charge in [0.2, 0.25) is 0 Å². The summed E-state index contributed by atoms with van der Waals surface area (Å²) in [6.45, 7) is 2.03. The Kier molecular flexibility index (Phi) is 4.25. The van der Waals surface area contributed by atoms with E-state index in [1.807, 2.05) is 32.3 Å². The number of pyridine rings is 1. The summed E-state index contributed by atoms with van der Waals surface area (Å²) in [6.07, 6.45) is 2.70. The van der Waals surface area contributed by atoms with E-state index < -0.39 is 0 Å². The van der Waals surface area contributed by atoms with Crippen molar-refractivity contribution in [2.75, 3.05) is 7.05 Å². The monoisotopic (exact) mass is 311 g/mol. The first-order valence-corrected chi connectivity index (χ1v) is 7.06. The normalized spacial score (nSPS) is 12.6. The van der Waals surface area contributed by atoms with Crippen molar-refractivity contribution in [3.05, 3.63) is 44.6 Å². The molecular formula is C12H14BrN3S. The number of halogens is 1. The maximum Gasteiger partial charge on any atom is 0.0897 e. The number of likely N-dealkylation sites (N-methyl/N-ethyl adjacent to an activating group) is 1. The van der Waals surface area contributed by atoms with Crippen LogP contribution in [0, 0.1) is 6.92 Å². The van der Waals surface area contributed by atoms with E-state index in [0.29, 0.717) is 0 Å². The van der Waals surface area contributed by atoms with Gasteiger partial charge in [0.05, 0.1) is 22.4 Å². The molecule has 2 aromatic rings. The Balaban J connectivity index is 2.13. The van der Waals surface area contributed by atoms with Gasteiger partial charge in [-0.1, -0.05) is 0 Å². The van der Waals surface area contributed by atoms with Crippen molar-refractivity contribution in [2.45, 2.75) is 19.4 Å². The number of hydrogen-bond acceptors (Lipinski definition) is 4. The Hall–Kier alpha value is -0.780. The molecule has 0 saturated carbocycles. The predicted molar refractivity (Wildman–Crippen MR) is 74.3 cm³/mol. The molecule has 3 nitrogen and oxygen atoms in total. The fourth-order valence-electron chi connectivity index (χ4n) is 1.66. The molecule has 0 spiro atoms. The lowest BCUT2D eigenvalue weighted by molar-refractivity contribution is 0.570. The highest BCUT2D eigenvalue weighted by Gasteiger charge is 2.12. The maximum atomic E-state index is 4.48. The second-order valence-electron chi connectivity index (χ2n) is 3.80. The summed E-state index contributed by atoms with van der Waals surface area (Å²) in [7, 11) is 1.95. The van der Waals surface area contributed by atoms with E-state index in [4.69, 9.17) is 0 Å². The topological polar surface area (TPSA) is 37.8 Å². The van der Waals surface area contributed by atoms with E-state index >= 15 is 0 Å². The summed E-state index contributed by atoms with van der Waals surface area (Å²) < 4.78 is 1.00. The molecule has 90 valence electrons. The number of hydrogen-bond donors (Lipinski definition) is 1. The zero-order chi connectivity index (χ0) is 12.3. The van der Waals surface area contributed by atoms with E-state index in [1.54, 1.807) is 11.3 Å². The SMILES string of the molecule is CNC(Cc1csc(C)n1)c1ccc(Br)cn1. The smallest absolute Gasteiger partial charge is 0.0897 e. The first-order chi connectivity index (χ1) is 8.19. The van der Waals surface area contributed by atoms with Crippen LogP contribution in [0.25, 0.3) is 0 Å². The van der Waals surface area contributed by atoms with Crippen LogP contribution >= 0.6 is 27.3 Å². The molecule has 0 aliphatic heterocycles. The van der Waals surface area contributed by atoms with Crippen LogP contribution in [0.3, 0.4) is 0 Å². The molecule has 1 unspecified atom stereocenters. The molecule has 17 heavy (non-hydrogen) atoms. The van der Waals surface area contributed by atoms with Gasteiger partial charge in [-0.05, 0) is 42.0 Å². The number of aryl methyl sites for hydroxylation is 1. The van der Waals surface area contributed by atoms with Crippen molar-refractivity contribution in [1.82, 2.24) is 15.3 Å². The van der Waals surface area contributed by atoms with Crippen molar-refractivity contribution in [1.29, 1.82) is 0 Å². The van der Waals surface area contributed by atoms with Gasteiger partial charge < -0.3 is 5.32 Å². The number of aromatic nitrogens is 2. The van der Waals surface area contributed by atoms with E-state index in [0.717, 1.165) is 27.3 Å². The van der Waals surface area contributed by atoms with Gasteiger partial charge in [-0.3, -0.25) is 4.98 Å². The van der Waals surface area contributed by atoms with Crippen molar-refractivity contribution < 1.29 is 0 Å². The minimum atomic E-state index is 0.213. The summed E-state index contributed by atoms with van der Waals surface area (Å²) in [5.41, 5.74) is 2.16. The van der Waals surface area contributed by atoms with Crippen molar-refractivity contribution >= 4 is 27.3 Å². The minimum absolute atomic E-state index is 0.213. The number of thiazole rings is 1. The molecule has 1 N–H and O–H groups in total.